The first kappa shape index (κ1) is 22.3. The first-order chi connectivity index (χ1) is 18.7. The molecule has 0 bridgehead atoms. The van der Waals surface area contributed by atoms with E-state index in [-0.39, 0.29) is 0 Å². The standard InChI is InChI=1S/C35H27N3/c1-24-7-12-30(13-8-24)37-32-16-11-29(26-17-19-36-20-18-26)23-33(32)38(31-14-9-25(2)10-15-31)35-22-28-6-4-3-5-27(28)21-34(35)37/h3-23H,1-2H3. The Morgan fingerprint density at radius 2 is 0.947 bits per heavy atom. The number of aromatic nitrogens is 1. The van der Waals surface area contributed by atoms with Crippen LogP contribution in [0.15, 0.2) is 128 Å². The van der Waals surface area contributed by atoms with E-state index in [1.54, 1.807) is 0 Å². The first-order valence-electron chi connectivity index (χ1n) is 13.0. The second-order valence-electron chi connectivity index (χ2n) is 9.97. The third-order valence-electron chi connectivity index (χ3n) is 7.38. The Morgan fingerprint density at radius 1 is 0.447 bits per heavy atom. The number of fused-ring (bicyclic) bond motifs is 3. The van der Waals surface area contributed by atoms with Gasteiger partial charge in [-0.05, 0) is 96.4 Å². The van der Waals surface area contributed by atoms with Crippen LogP contribution in [0.25, 0.3) is 21.9 Å². The molecule has 5 aromatic carbocycles. The molecule has 0 radical (unpaired) electrons. The lowest BCUT2D eigenvalue weighted by molar-refractivity contribution is 1.17. The predicted molar refractivity (Wildman–Crippen MR) is 160 cm³/mol. The third-order valence-corrected chi connectivity index (χ3v) is 7.38. The van der Waals surface area contributed by atoms with Gasteiger partial charge in [0.25, 0.3) is 0 Å². The number of anilines is 6. The quantitative estimate of drug-likeness (QED) is 0.246. The topological polar surface area (TPSA) is 19.4 Å². The van der Waals surface area contributed by atoms with E-state index in [2.05, 4.69) is 144 Å². The average Bonchev–Trinajstić information content (AvgIpc) is 2.96. The van der Waals surface area contributed by atoms with Crippen LogP contribution in [0.5, 0.6) is 0 Å². The molecule has 38 heavy (non-hydrogen) atoms. The largest absolute Gasteiger partial charge is 0.306 e. The van der Waals surface area contributed by atoms with Gasteiger partial charge in [-0.15, -0.1) is 0 Å². The van der Waals surface area contributed by atoms with E-state index in [1.165, 1.54) is 21.9 Å². The lowest BCUT2D eigenvalue weighted by atomic mass is 9.98. The molecule has 7 rings (SSSR count). The summed E-state index contributed by atoms with van der Waals surface area (Å²) in [4.78, 5) is 9.04. The maximum absolute atomic E-state index is 4.23. The molecule has 1 aromatic heterocycles. The van der Waals surface area contributed by atoms with Crippen LogP contribution in [-0.4, -0.2) is 4.98 Å². The molecule has 3 nitrogen and oxygen atoms in total. The highest BCUT2D eigenvalue weighted by Gasteiger charge is 2.31. The summed E-state index contributed by atoms with van der Waals surface area (Å²) in [6, 6.07) is 41.8. The van der Waals surface area contributed by atoms with E-state index < -0.39 is 0 Å². The van der Waals surface area contributed by atoms with Gasteiger partial charge in [0, 0.05) is 23.8 Å². The summed E-state index contributed by atoms with van der Waals surface area (Å²) in [6.07, 6.45) is 3.71. The van der Waals surface area contributed by atoms with E-state index in [4.69, 9.17) is 0 Å². The lowest BCUT2D eigenvalue weighted by Gasteiger charge is -2.41. The number of pyridine rings is 1. The number of hydrogen-bond acceptors (Lipinski definition) is 3. The first-order valence-corrected chi connectivity index (χ1v) is 13.0. The zero-order chi connectivity index (χ0) is 25.6. The summed E-state index contributed by atoms with van der Waals surface area (Å²) >= 11 is 0. The van der Waals surface area contributed by atoms with Crippen LogP contribution < -0.4 is 9.80 Å². The fourth-order valence-corrected chi connectivity index (χ4v) is 5.39. The summed E-state index contributed by atoms with van der Waals surface area (Å²) in [7, 11) is 0. The van der Waals surface area contributed by atoms with E-state index in [0.717, 1.165) is 45.3 Å². The van der Waals surface area contributed by atoms with Gasteiger partial charge in [0.05, 0.1) is 22.7 Å². The SMILES string of the molecule is Cc1ccc(N2c3ccc(-c4ccncc4)cc3N(c3ccc(C)cc3)c3cc4ccccc4cc32)cc1. The van der Waals surface area contributed by atoms with Crippen LogP contribution in [0, 0.1) is 13.8 Å². The van der Waals surface area contributed by atoms with Crippen molar-refractivity contribution in [3.05, 3.63) is 139 Å². The molecule has 0 saturated heterocycles. The number of benzene rings is 5. The fourth-order valence-electron chi connectivity index (χ4n) is 5.39. The molecule has 0 unspecified atom stereocenters. The zero-order valence-corrected chi connectivity index (χ0v) is 21.5. The Kier molecular flexibility index (Phi) is 5.22. The van der Waals surface area contributed by atoms with Gasteiger partial charge in [-0.3, -0.25) is 4.98 Å². The lowest BCUT2D eigenvalue weighted by Crippen LogP contribution is -2.24. The van der Waals surface area contributed by atoms with E-state index in [9.17, 15) is 0 Å². The second kappa shape index (κ2) is 8.89. The molecule has 0 aliphatic carbocycles. The van der Waals surface area contributed by atoms with Crippen molar-refractivity contribution in [2.75, 3.05) is 9.80 Å². The minimum absolute atomic E-state index is 1.14. The monoisotopic (exact) mass is 489 g/mol. The predicted octanol–water partition coefficient (Wildman–Crippen LogP) is 9.77. The summed E-state index contributed by atoms with van der Waals surface area (Å²) in [5, 5.41) is 2.45. The molecule has 0 fully saturated rings. The number of rotatable bonds is 3. The summed E-state index contributed by atoms with van der Waals surface area (Å²) in [6.45, 7) is 4.27. The molecule has 1 aliphatic rings. The van der Waals surface area contributed by atoms with Crippen LogP contribution in [0.1, 0.15) is 11.1 Å². The molecular weight excluding hydrogens is 462 g/mol. The van der Waals surface area contributed by atoms with Crippen molar-refractivity contribution in [1.29, 1.82) is 0 Å². The minimum Gasteiger partial charge on any atom is -0.306 e. The number of aryl methyl sites for hydroxylation is 2. The van der Waals surface area contributed by atoms with Crippen LogP contribution in [0.4, 0.5) is 34.1 Å². The van der Waals surface area contributed by atoms with E-state index in [0.29, 0.717) is 0 Å². The van der Waals surface area contributed by atoms with Crippen molar-refractivity contribution in [3.63, 3.8) is 0 Å². The third kappa shape index (κ3) is 3.72. The highest BCUT2D eigenvalue weighted by Crippen LogP contribution is 2.55. The average molecular weight is 490 g/mol. The molecule has 6 aromatic rings. The fraction of sp³-hybridized carbons (Fsp3) is 0.0571. The molecule has 3 heteroatoms. The molecule has 1 aliphatic heterocycles. The Hall–Kier alpha value is -4.89. The number of hydrogen-bond donors (Lipinski definition) is 0. The van der Waals surface area contributed by atoms with Gasteiger partial charge in [0.1, 0.15) is 0 Å². The van der Waals surface area contributed by atoms with Gasteiger partial charge in [-0.2, -0.15) is 0 Å². The van der Waals surface area contributed by atoms with Crippen molar-refractivity contribution < 1.29 is 0 Å². The number of nitrogens with zero attached hydrogens (tertiary/aromatic N) is 3. The minimum atomic E-state index is 1.14. The Labute approximate surface area is 223 Å². The van der Waals surface area contributed by atoms with Crippen molar-refractivity contribution >= 4 is 44.9 Å². The molecule has 182 valence electrons. The van der Waals surface area contributed by atoms with Crippen molar-refractivity contribution in [2.24, 2.45) is 0 Å². The van der Waals surface area contributed by atoms with E-state index in [1.807, 2.05) is 12.4 Å². The summed E-state index contributed by atoms with van der Waals surface area (Å²) in [5.74, 6) is 0. The maximum Gasteiger partial charge on any atom is 0.0709 e. The van der Waals surface area contributed by atoms with Crippen molar-refractivity contribution in [3.8, 4) is 11.1 Å². The molecule has 0 spiro atoms. The Bertz CT molecular complexity index is 1770. The molecule has 0 saturated carbocycles. The Balaban J connectivity index is 1.55. The molecule has 0 N–H and O–H groups in total. The molecule has 0 amide bonds. The Morgan fingerprint density at radius 3 is 1.50 bits per heavy atom. The van der Waals surface area contributed by atoms with Crippen LogP contribution in [0.3, 0.4) is 0 Å². The zero-order valence-electron chi connectivity index (χ0n) is 21.5. The van der Waals surface area contributed by atoms with Gasteiger partial charge in [-0.1, -0.05) is 65.7 Å². The van der Waals surface area contributed by atoms with Crippen molar-refractivity contribution in [2.45, 2.75) is 13.8 Å². The molecule has 0 atom stereocenters. The van der Waals surface area contributed by atoms with Crippen LogP contribution in [0.2, 0.25) is 0 Å². The summed E-state index contributed by atoms with van der Waals surface area (Å²) in [5.41, 5.74) is 11.7. The van der Waals surface area contributed by atoms with Crippen LogP contribution >= 0.6 is 0 Å². The van der Waals surface area contributed by atoms with Gasteiger partial charge in [0.15, 0.2) is 0 Å². The maximum atomic E-state index is 4.23. The normalized spacial score (nSPS) is 12.4. The highest BCUT2D eigenvalue weighted by molar-refractivity contribution is 6.06. The van der Waals surface area contributed by atoms with Crippen molar-refractivity contribution in [1.82, 2.24) is 4.98 Å². The smallest absolute Gasteiger partial charge is 0.0709 e. The van der Waals surface area contributed by atoms with Gasteiger partial charge >= 0.3 is 0 Å². The molecular formula is C35H27N3. The van der Waals surface area contributed by atoms with E-state index >= 15 is 0 Å². The van der Waals surface area contributed by atoms with Gasteiger partial charge in [-0.25, -0.2) is 0 Å². The van der Waals surface area contributed by atoms with Gasteiger partial charge < -0.3 is 9.80 Å². The second-order valence-corrected chi connectivity index (χ2v) is 9.97. The molecule has 2 heterocycles. The summed E-state index contributed by atoms with van der Waals surface area (Å²) < 4.78 is 0. The van der Waals surface area contributed by atoms with Gasteiger partial charge in [0.2, 0.25) is 0 Å². The van der Waals surface area contributed by atoms with Crippen LogP contribution in [-0.2, 0) is 0 Å². The highest BCUT2D eigenvalue weighted by atomic mass is 15.3.